The number of nitrogens with zero attached hydrogens (tertiary/aromatic N) is 1. The zero-order chi connectivity index (χ0) is 14.0. The lowest BCUT2D eigenvalue weighted by atomic mass is 9.88. The molecular formula is C17H28N2. The summed E-state index contributed by atoms with van der Waals surface area (Å²) in [6.45, 7) is 8.76. The smallest absolute Gasteiger partial charge is 0.0351 e. The van der Waals surface area contributed by atoms with Gasteiger partial charge in [0, 0.05) is 12.6 Å². The van der Waals surface area contributed by atoms with Crippen molar-refractivity contribution in [3.63, 3.8) is 0 Å². The number of benzene rings is 1. The number of hydrogen-bond donors (Lipinski definition) is 1. The van der Waals surface area contributed by atoms with Crippen molar-refractivity contribution in [1.29, 1.82) is 0 Å². The Labute approximate surface area is 118 Å². The molecule has 0 spiro atoms. The Morgan fingerprint density at radius 2 is 2.11 bits per heavy atom. The molecular weight excluding hydrogens is 232 g/mol. The SMILES string of the molecule is CCc1ccc(C(C)C)c(C2CC(CN)CN2C)c1. The fourth-order valence-corrected chi connectivity index (χ4v) is 3.30. The molecule has 2 atom stereocenters. The summed E-state index contributed by atoms with van der Waals surface area (Å²) in [6, 6.07) is 7.60. The minimum atomic E-state index is 0.553. The van der Waals surface area contributed by atoms with Crippen LogP contribution in [-0.4, -0.2) is 25.0 Å². The third kappa shape index (κ3) is 3.01. The van der Waals surface area contributed by atoms with Gasteiger partial charge in [-0.2, -0.15) is 0 Å². The standard InChI is InChI=1S/C17H28N2/c1-5-13-6-7-15(12(2)3)16(8-13)17-9-14(10-18)11-19(17)4/h6-8,12,14,17H,5,9-11,18H2,1-4H3. The van der Waals surface area contributed by atoms with Crippen LogP contribution >= 0.6 is 0 Å². The Kier molecular flexibility index (Phi) is 4.64. The topological polar surface area (TPSA) is 29.3 Å². The molecule has 0 aliphatic carbocycles. The summed E-state index contributed by atoms with van der Waals surface area (Å²) in [4.78, 5) is 2.48. The zero-order valence-electron chi connectivity index (χ0n) is 12.8. The molecule has 1 heterocycles. The maximum atomic E-state index is 5.86. The lowest BCUT2D eigenvalue weighted by Gasteiger charge is -2.25. The maximum absolute atomic E-state index is 5.86. The lowest BCUT2D eigenvalue weighted by molar-refractivity contribution is 0.312. The summed E-state index contributed by atoms with van der Waals surface area (Å²) >= 11 is 0. The summed E-state index contributed by atoms with van der Waals surface area (Å²) in [5.74, 6) is 1.24. The van der Waals surface area contributed by atoms with E-state index in [1.807, 2.05) is 0 Å². The van der Waals surface area contributed by atoms with Gasteiger partial charge in [0.25, 0.3) is 0 Å². The lowest BCUT2D eigenvalue weighted by Crippen LogP contribution is -2.21. The van der Waals surface area contributed by atoms with E-state index >= 15 is 0 Å². The first-order chi connectivity index (χ1) is 9.06. The molecule has 0 amide bonds. The van der Waals surface area contributed by atoms with Crippen LogP contribution < -0.4 is 5.73 Å². The van der Waals surface area contributed by atoms with Crippen molar-refractivity contribution in [2.24, 2.45) is 11.7 Å². The van der Waals surface area contributed by atoms with Crippen LogP contribution in [0.15, 0.2) is 18.2 Å². The first-order valence-corrected chi connectivity index (χ1v) is 7.59. The number of hydrogen-bond acceptors (Lipinski definition) is 2. The quantitative estimate of drug-likeness (QED) is 0.900. The molecule has 2 N–H and O–H groups in total. The molecule has 2 heteroatoms. The number of likely N-dealkylation sites (tertiary alicyclic amines) is 1. The van der Waals surface area contributed by atoms with Crippen LogP contribution in [0.2, 0.25) is 0 Å². The van der Waals surface area contributed by atoms with Crippen LogP contribution in [0, 0.1) is 5.92 Å². The largest absolute Gasteiger partial charge is 0.330 e. The van der Waals surface area contributed by atoms with Crippen LogP contribution in [0.4, 0.5) is 0 Å². The summed E-state index contributed by atoms with van der Waals surface area (Å²) in [7, 11) is 2.24. The van der Waals surface area contributed by atoms with Gasteiger partial charge in [-0.1, -0.05) is 39.0 Å². The summed E-state index contributed by atoms with van der Waals surface area (Å²) in [5, 5.41) is 0. The minimum Gasteiger partial charge on any atom is -0.330 e. The van der Waals surface area contributed by atoms with Gasteiger partial charge in [0.2, 0.25) is 0 Å². The van der Waals surface area contributed by atoms with Crippen molar-refractivity contribution >= 4 is 0 Å². The first kappa shape index (κ1) is 14.5. The molecule has 0 bridgehead atoms. The van der Waals surface area contributed by atoms with Gasteiger partial charge in [-0.3, -0.25) is 4.90 Å². The summed E-state index contributed by atoms with van der Waals surface area (Å²) < 4.78 is 0. The van der Waals surface area contributed by atoms with Gasteiger partial charge in [0.05, 0.1) is 0 Å². The third-order valence-electron chi connectivity index (χ3n) is 4.51. The summed E-state index contributed by atoms with van der Waals surface area (Å²) in [5.41, 5.74) is 10.4. The minimum absolute atomic E-state index is 0.553. The molecule has 1 saturated heterocycles. The van der Waals surface area contributed by atoms with Crippen LogP contribution in [-0.2, 0) is 6.42 Å². The van der Waals surface area contributed by atoms with Crippen molar-refractivity contribution in [1.82, 2.24) is 4.90 Å². The first-order valence-electron chi connectivity index (χ1n) is 7.59. The van der Waals surface area contributed by atoms with E-state index in [4.69, 9.17) is 5.73 Å². The van der Waals surface area contributed by atoms with Gasteiger partial charge in [0.15, 0.2) is 0 Å². The van der Waals surface area contributed by atoms with E-state index < -0.39 is 0 Å². The number of aryl methyl sites for hydroxylation is 1. The molecule has 0 aromatic heterocycles. The molecule has 2 unspecified atom stereocenters. The van der Waals surface area contributed by atoms with Crippen molar-refractivity contribution in [2.75, 3.05) is 20.1 Å². The molecule has 1 aliphatic heterocycles. The van der Waals surface area contributed by atoms with Gasteiger partial charge in [0.1, 0.15) is 0 Å². The van der Waals surface area contributed by atoms with Crippen molar-refractivity contribution in [3.8, 4) is 0 Å². The Morgan fingerprint density at radius 1 is 1.37 bits per heavy atom. The van der Waals surface area contributed by atoms with E-state index in [0.29, 0.717) is 17.9 Å². The fraction of sp³-hybridized carbons (Fsp3) is 0.647. The van der Waals surface area contributed by atoms with Gasteiger partial charge in [-0.25, -0.2) is 0 Å². The fourth-order valence-electron chi connectivity index (χ4n) is 3.30. The van der Waals surface area contributed by atoms with Gasteiger partial charge in [-0.05, 0) is 55.0 Å². The Bertz CT molecular complexity index is 425. The van der Waals surface area contributed by atoms with Crippen molar-refractivity contribution in [3.05, 3.63) is 34.9 Å². The van der Waals surface area contributed by atoms with Crippen LogP contribution in [0.5, 0.6) is 0 Å². The molecule has 2 rings (SSSR count). The van der Waals surface area contributed by atoms with Gasteiger partial charge in [-0.15, -0.1) is 0 Å². The molecule has 1 aliphatic rings. The van der Waals surface area contributed by atoms with Crippen molar-refractivity contribution < 1.29 is 0 Å². The average molecular weight is 260 g/mol. The number of rotatable bonds is 4. The molecule has 2 nitrogen and oxygen atoms in total. The Hall–Kier alpha value is -0.860. The average Bonchev–Trinajstić information content (AvgIpc) is 2.79. The molecule has 1 aromatic rings. The number of nitrogens with two attached hydrogens (primary N) is 1. The molecule has 1 fully saturated rings. The van der Waals surface area contributed by atoms with E-state index in [2.05, 4.69) is 50.9 Å². The van der Waals surface area contributed by atoms with Gasteiger partial charge < -0.3 is 5.73 Å². The maximum Gasteiger partial charge on any atom is 0.0351 e. The Balaban J connectivity index is 2.36. The van der Waals surface area contributed by atoms with Crippen LogP contribution in [0.1, 0.15) is 55.8 Å². The highest BCUT2D eigenvalue weighted by Crippen LogP contribution is 2.37. The highest BCUT2D eigenvalue weighted by Gasteiger charge is 2.31. The molecule has 19 heavy (non-hydrogen) atoms. The van der Waals surface area contributed by atoms with Crippen LogP contribution in [0.25, 0.3) is 0 Å². The highest BCUT2D eigenvalue weighted by atomic mass is 15.2. The van der Waals surface area contributed by atoms with E-state index in [-0.39, 0.29) is 0 Å². The molecule has 0 saturated carbocycles. The highest BCUT2D eigenvalue weighted by molar-refractivity contribution is 5.37. The normalized spacial score (nSPS) is 24.3. The zero-order valence-corrected chi connectivity index (χ0v) is 12.8. The monoisotopic (exact) mass is 260 g/mol. The van der Waals surface area contributed by atoms with Gasteiger partial charge >= 0.3 is 0 Å². The van der Waals surface area contributed by atoms with Crippen LogP contribution in [0.3, 0.4) is 0 Å². The Morgan fingerprint density at radius 3 is 2.63 bits per heavy atom. The molecule has 1 aromatic carbocycles. The second-order valence-electron chi connectivity index (χ2n) is 6.26. The second-order valence-corrected chi connectivity index (χ2v) is 6.26. The molecule has 106 valence electrons. The molecule has 0 radical (unpaired) electrons. The van der Waals surface area contributed by atoms with E-state index in [1.165, 1.54) is 23.1 Å². The van der Waals surface area contributed by atoms with E-state index in [9.17, 15) is 0 Å². The van der Waals surface area contributed by atoms with E-state index in [1.54, 1.807) is 0 Å². The second kappa shape index (κ2) is 6.06. The third-order valence-corrected chi connectivity index (χ3v) is 4.51. The predicted molar refractivity (Wildman–Crippen MR) is 82.4 cm³/mol. The van der Waals surface area contributed by atoms with Crippen molar-refractivity contribution in [2.45, 2.75) is 45.6 Å². The summed E-state index contributed by atoms with van der Waals surface area (Å²) in [6.07, 6.45) is 2.32. The predicted octanol–water partition coefficient (Wildman–Crippen LogP) is 3.32. The van der Waals surface area contributed by atoms with E-state index in [0.717, 1.165) is 19.5 Å².